The van der Waals surface area contributed by atoms with Gasteiger partial charge in [-0.25, -0.2) is 0 Å². The van der Waals surface area contributed by atoms with Gasteiger partial charge in [-0.2, -0.15) is 0 Å². The third-order valence-electron chi connectivity index (χ3n) is 4.34. The van der Waals surface area contributed by atoms with E-state index in [-0.39, 0.29) is 5.91 Å². The normalized spacial score (nSPS) is 16.3. The summed E-state index contributed by atoms with van der Waals surface area (Å²) in [6.45, 7) is 6.88. The van der Waals surface area contributed by atoms with Gasteiger partial charge in [-0.1, -0.05) is 37.3 Å². The molecular formula is C20H21NOS. The average molecular weight is 323 g/mol. The monoisotopic (exact) mass is 323 g/mol. The lowest BCUT2D eigenvalue weighted by Crippen LogP contribution is -2.22. The van der Waals surface area contributed by atoms with Gasteiger partial charge in [0, 0.05) is 21.7 Å². The van der Waals surface area contributed by atoms with Crippen LogP contribution in [-0.4, -0.2) is 10.8 Å². The van der Waals surface area contributed by atoms with Crippen LogP contribution in [-0.2, 0) is 6.54 Å². The van der Waals surface area contributed by atoms with E-state index >= 15 is 0 Å². The summed E-state index contributed by atoms with van der Waals surface area (Å²) in [6, 6.07) is 10.0. The Balaban J connectivity index is 1.97. The van der Waals surface area contributed by atoms with Gasteiger partial charge in [0.15, 0.2) is 0 Å². The molecule has 0 bridgehead atoms. The first-order valence-electron chi connectivity index (χ1n) is 8.00. The van der Waals surface area contributed by atoms with Gasteiger partial charge in [0.25, 0.3) is 5.91 Å². The van der Waals surface area contributed by atoms with Crippen LogP contribution in [0.3, 0.4) is 0 Å². The first-order chi connectivity index (χ1) is 11.2. The summed E-state index contributed by atoms with van der Waals surface area (Å²) in [7, 11) is 0. The molecule has 1 aliphatic rings. The van der Waals surface area contributed by atoms with Crippen molar-refractivity contribution in [3.8, 4) is 0 Å². The molecule has 3 heteroatoms. The molecule has 0 N–H and O–H groups in total. The van der Waals surface area contributed by atoms with E-state index in [0.717, 1.165) is 23.2 Å². The third-order valence-corrected chi connectivity index (χ3v) is 5.37. The molecule has 118 valence electrons. The summed E-state index contributed by atoms with van der Waals surface area (Å²) in [5.74, 6) is 0.101. The maximum atomic E-state index is 12.8. The highest BCUT2D eigenvalue weighted by molar-refractivity contribution is 7.11. The molecule has 0 fully saturated rings. The SMILES string of the molecule is C/C=C(/CC)c1sccc1CN1C(=O)c2ccccc2/C1=C\C. The minimum Gasteiger partial charge on any atom is -0.304 e. The summed E-state index contributed by atoms with van der Waals surface area (Å²) in [4.78, 5) is 16.0. The van der Waals surface area contributed by atoms with Crippen LogP contribution in [0.4, 0.5) is 0 Å². The minimum atomic E-state index is 0.101. The van der Waals surface area contributed by atoms with E-state index in [1.165, 1.54) is 16.0 Å². The quantitative estimate of drug-likeness (QED) is 0.719. The van der Waals surface area contributed by atoms with Crippen LogP contribution in [0.5, 0.6) is 0 Å². The molecule has 0 spiro atoms. The first kappa shape index (κ1) is 15.8. The van der Waals surface area contributed by atoms with Gasteiger partial charge in [0.05, 0.1) is 6.54 Å². The minimum absolute atomic E-state index is 0.101. The van der Waals surface area contributed by atoms with E-state index in [4.69, 9.17) is 0 Å². The Morgan fingerprint density at radius 2 is 1.91 bits per heavy atom. The van der Waals surface area contributed by atoms with Gasteiger partial charge in [0.2, 0.25) is 0 Å². The number of hydrogen-bond donors (Lipinski definition) is 0. The predicted octanol–water partition coefficient (Wildman–Crippen LogP) is 5.58. The van der Waals surface area contributed by atoms with Crippen LogP contribution in [0.1, 0.15) is 53.6 Å². The zero-order chi connectivity index (χ0) is 16.4. The molecular weight excluding hydrogens is 302 g/mol. The summed E-state index contributed by atoms with van der Waals surface area (Å²) in [5, 5.41) is 2.12. The number of amides is 1. The lowest BCUT2D eigenvalue weighted by molar-refractivity contribution is 0.0843. The van der Waals surface area contributed by atoms with Crippen LogP contribution in [0.2, 0.25) is 0 Å². The molecule has 0 atom stereocenters. The van der Waals surface area contributed by atoms with Crippen molar-refractivity contribution in [1.82, 2.24) is 4.90 Å². The fraction of sp³-hybridized carbons (Fsp3) is 0.250. The van der Waals surface area contributed by atoms with Crippen LogP contribution in [0.15, 0.2) is 47.9 Å². The van der Waals surface area contributed by atoms with Crippen molar-refractivity contribution in [1.29, 1.82) is 0 Å². The molecule has 3 rings (SSSR count). The Bertz CT molecular complexity index is 797. The highest BCUT2D eigenvalue weighted by Crippen LogP contribution is 2.36. The van der Waals surface area contributed by atoms with Gasteiger partial charge in [0.1, 0.15) is 0 Å². The van der Waals surface area contributed by atoms with Gasteiger partial charge in [-0.05, 0) is 48.9 Å². The molecule has 1 aromatic heterocycles. The van der Waals surface area contributed by atoms with E-state index in [9.17, 15) is 4.79 Å². The van der Waals surface area contributed by atoms with Gasteiger partial charge in [-0.15, -0.1) is 11.3 Å². The molecule has 0 saturated carbocycles. The van der Waals surface area contributed by atoms with Crippen molar-refractivity contribution in [2.45, 2.75) is 33.7 Å². The number of carbonyl (C=O) groups excluding carboxylic acids is 1. The molecule has 23 heavy (non-hydrogen) atoms. The van der Waals surface area contributed by atoms with Crippen molar-refractivity contribution < 1.29 is 4.79 Å². The van der Waals surface area contributed by atoms with Crippen molar-refractivity contribution in [3.63, 3.8) is 0 Å². The molecule has 2 aromatic rings. The topological polar surface area (TPSA) is 20.3 Å². The number of benzene rings is 1. The fourth-order valence-corrected chi connectivity index (χ4v) is 4.24. The van der Waals surface area contributed by atoms with Gasteiger partial charge >= 0.3 is 0 Å². The highest BCUT2D eigenvalue weighted by Gasteiger charge is 2.31. The Morgan fingerprint density at radius 1 is 1.17 bits per heavy atom. The van der Waals surface area contributed by atoms with Gasteiger partial charge < -0.3 is 4.90 Å². The Hall–Kier alpha value is -2.13. The Labute approximate surface area is 141 Å². The Morgan fingerprint density at radius 3 is 2.57 bits per heavy atom. The molecule has 2 nitrogen and oxygen atoms in total. The number of carbonyl (C=O) groups is 1. The summed E-state index contributed by atoms with van der Waals surface area (Å²) < 4.78 is 0. The molecule has 1 amide bonds. The molecule has 0 saturated heterocycles. The highest BCUT2D eigenvalue weighted by atomic mass is 32.1. The Kier molecular flexibility index (Phi) is 4.49. The summed E-state index contributed by atoms with van der Waals surface area (Å²) in [5.41, 5.74) is 5.44. The van der Waals surface area contributed by atoms with Crippen molar-refractivity contribution >= 4 is 28.5 Å². The van der Waals surface area contributed by atoms with Crippen molar-refractivity contribution in [3.05, 3.63) is 69.4 Å². The van der Waals surface area contributed by atoms with Crippen molar-refractivity contribution in [2.24, 2.45) is 0 Å². The number of hydrogen-bond acceptors (Lipinski definition) is 2. The number of allylic oxidation sites excluding steroid dienone is 3. The fourth-order valence-electron chi connectivity index (χ4n) is 3.17. The van der Waals surface area contributed by atoms with E-state index in [1.54, 1.807) is 11.3 Å². The zero-order valence-corrected chi connectivity index (χ0v) is 14.6. The number of thiophene rings is 1. The molecule has 1 aromatic carbocycles. The van der Waals surface area contributed by atoms with Crippen molar-refractivity contribution in [2.75, 3.05) is 0 Å². The molecule has 0 aliphatic carbocycles. The number of rotatable bonds is 4. The largest absolute Gasteiger partial charge is 0.304 e. The number of nitrogens with zero attached hydrogens (tertiary/aromatic N) is 1. The predicted molar refractivity (Wildman–Crippen MR) is 98.2 cm³/mol. The van der Waals surface area contributed by atoms with E-state index < -0.39 is 0 Å². The summed E-state index contributed by atoms with van der Waals surface area (Å²) >= 11 is 1.76. The molecule has 1 aliphatic heterocycles. The molecule has 0 radical (unpaired) electrons. The second-order valence-electron chi connectivity index (χ2n) is 5.55. The van der Waals surface area contributed by atoms with Crippen LogP contribution >= 0.6 is 11.3 Å². The maximum absolute atomic E-state index is 12.8. The first-order valence-corrected chi connectivity index (χ1v) is 8.88. The molecule has 2 heterocycles. The maximum Gasteiger partial charge on any atom is 0.259 e. The lowest BCUT2D eigenvalue weighted by atomic mass is 10.1. The van der Waals surface area contributed by atoms with Crippen LogP contribution in [0, 0.1) is 0 Å². The average Bonchev–Trinajstić information content (AvgIpc) is 3.13. The van der Waals surface area contributed by atoms with Crippen LogP contribution < -0.4 is 0 Å². The smallest absolute Gasteiger partial charge is 0.259 e. The van der Waals surface area contributed by atoms with E-state index in [0.29, 0.717) is 6.54 Å². The zero-order valence-electron chi connectivity index (χ0n) is 13.8. The second kappa shape index (κ2) is 6.55. The standard InChI is InChI=1S/C20H21NOS/c1-4-14(5-2)19-15(11-12-23-19)13-21-18(6-3)16-9-7-8-10-17(16)20(21)22/h4,6-12H,5,13H2,1-3H3/b14-4-,18-6+. The van der Waals surface area contributed by atoms with E-state index in [1.807, 2.05) is 42.2 Å². The van der Waals surface area contributed by atoms with Crippen LogP contribution in [0.25, 0.3) is 11.3 Å². The third kappa shape index (κ3) is 2.66. The van der Waals surface area contributed by atoms with Gasteiger partial charge in [-0.3, -0.25) is 4.79 Å². The lowest BCUT2D eigenvalue weighted by Gasteiger charge is -2.19. The number of fused-ring (bicyclic) bond motifs is 1. The molecule has 0 unspecified atom stereocenters. The van der Waals surface area contributed by atoms with E-state index in [2.05, 4.69) is 31.4 Å². The second-order valence-corrected chi connectivity index (χ2v) is 6.47. The summed E-state index contributed by atoms with van der Waals surface area (Å²) in [6.07, 6.45) is 5.22.